The highest BCUT2D eigenvalue weighted by Gasteiger charge is 2.11. The molecule has 1 amide bonds. The molecule has 104 valence electrons. The number of aliphatic hydroxyl groups is 1. The van der Waals surface area contributed by atoms with E-state index >= 15 is 0 Å². The molecule has 0 spiro atoms. The number of aryl methyl sites for hydroxylation is 1. The van der Waals surface area contributed by atoms with Crippen molar-refractivity contribution in [2.24, 2.45) is 0 Å². The van der Waals surface area contributed by atoms with Gasteiger partial charge in [-0.05, 0) is 41.8 Å². The smallest absolute Gasteiger partial charge is 0.258 e. The Balaban J connectivity index is 2.22. The van der Waals surface area contributed by atoms with Crippen LogP contribution in [0.2, 0.25) is 0 Å². The van der Waals surface area contributed by atoms with E-state index in [1.165, 1.54) is 18.2 Å². The zero-order valence-corrected chi connectivity index (χ0v) is 11.2. The molecule has 0 saturated carbocycles. The summed E-state index contributed by atoms with van der Waals surface area (Å²) in [6.07, 6.45) is 0.749. The number of hydrogen-bond acceptors (Lipinski definition) is 2. The first-order chi connectivity index (χ1) is 9.65. The second-order valence-electron chi connectivity index (χ2n) is 4.43. The van der Waals surface area contributed by atoms with Gasteiger partial charge in [0, 0.05) is 5.69 Å². The van der Waals surface area contributed by atoms with Gasteiger partial charge in [-0.3, -0.25) is 4.79 Å². The molecule has 2 aromatic rings. The van der Waals surface area contributed by atoms with E-state index in [0.717, 1.165) is 17.5 Å². The molecule has 0 bridgehead atoms. The second-order valence-corrected chi connectivity index (χ2v) is 4.43. The zero-order valence-electron chi connectivity index (χ0n) is 11.2. The number of halogens is 1. The Morgan fingerprint density at radius 2 is 1.95 bits per heavy atom. The quantitative estimate of drug-likeness (QED) is 0.899. The molecule has 3 nitrogen and oxygen atoms in total. The van der Waals surface area contributed by atoms with Crippen molar-refractivity contribution in [2.75, 3.05) is 5.32 Å². The summed E-state index contributed by atoms with van der Waals surface area (Å²) in [7, 11) is 0. The molecule has 0 aliphatic heterocycles. The molecule has 0 atom stereocenters. The minimum absolute atomic E-state index is 0.0109. The SMILES string of the molecule is CCc1cc(NC(=O)c2ccccc2F)ccc1CO. The van der Waals surface area contributed by atoms with Crippen molar-refractivity contribution >= 4 is 11.6 Å². The summed E-state index contributed by atoms with van der Waals surface area (Å²) in [6, 6.07) is 11.1. The largest absolute Gasteiger partial charge is 0.392 e. The normalized spacial score (nSPS) is 10.3. The van der Waals surface area contributed by atoms with E-state index in [2.05, 4.69) is 5.32 Å². The highest BCUT2D eigenvalue weighted by molar-refractivity contribution is 6.04. The molecule has 20 heavy (non-hydrogen) atoms. The number of carbonyl (C=O) groups is 1. The molecular weight excluding hydrogens is 257 g/mol. The molecule has 0 heterocycles. The highest BCUT2D eigenvalue weighted by atomic mass is 19.1. The van der Waals surface area contributed by atoms with Gasteiger partial charge >= 0.3 is 0 Å². The summed E-state index contributed by atoms with van der Waals surface area (Å²) in [4.78, 5) is 12.0. The Labute approximate surface area is 117 Å². The average molecular weight is 273 g/mol. The molecule has 4 heteroatoms. The van der Waals surface area contributed by atoms with Crippen molar-refractivity contribution in [3.63, 3.8) is 0 Å². The van der Waals surface area contributed by atoms with Crippen molar-refractivity contribution in [1.82, 2.24) is 0 Å². The van der Waals surface area contributed by atoms with Gasteiger partial charge in [-0.25, -0.2) is 4.39 Å². The predicted molar refractivity (Wildman–Crippen MR) is 76.1 cm³/mol. The Bertz CT molecular complexity index is 626. The minimum atomic E-state index is -0.548. The first-order valence-corrected chi connectivity index (χ1v) is 6.44. The van der Waals surface area contributed by atoms with E-state index in [-0.39, 0.29) is 12.2 Å². The van der Waals surface area contributed by atoms with Crippen molar-refractivity contribution in [2.45, 2.75) is 20.0 Å². The van der Waals surface area contributed by atoms with Crippen molar-refractivity contribution in [1.29, 1.82) is 0 Å². The van der Waals surface area contributed by atoms with E-state index in [4.69, 9.17) is 0 Å². The summed E-state index contributed by atoms with van der Waals surface area (Å²) < 4.78 is 13.5. The maximum Gasteiger partial charge on any atom is 0.258 e. The van der Waals surface area contributed by atoms with E-state index in [1.54, 1.807) is 24.3 Å². The maximum absolute atomic E-state index is 13.5. The third-order valence-corrected chi connectivity index (χ3v) is 3.13. The van der Waals surface area contributed by atoms with E-state index in [9.17, 15) is 14.3 Å². The molecule has 0 aliphatic rings. The second kappa shape index (κ2) is 6.30. The topological polar surface area (TPSA) is 49.3 Å². The molecule has 2 rings (SSSR count). The summed E-state index contributed by atoms with van der Waals surface area (Å²) in [5.74, 6) is -1.03. The number of benzene rings is 2. The monoisotopic (exact) mass is 273 g/mol. The lowest BCUT2D eigenvalue weighted by Gasteiger charge is -2.10. The third kappa shape index (κ3) is 3.03. The molecule has 2 aromatic carbocycles. The lowest BCUT2D eigenvalue weighted by Crippen LogP contribution is -2.14. The van der Waals surface area contributed by atoms with Crippen LogP contribution in [0.5, 0.6) is 0 Å². The van der Waals surface area contributed by atoms with Gasteiger partial charge in [-0.15, -0.1) is 0 Å². The minimum Gasteiger partial charge on any atom is -0.392 e. The summed E-state index contributed by atoms with van der Waals surface area (Å²) in [5, 5.41) is 11.9. The summed E-state index contributed by atoms with van der Waals surface area (Å²) in [6.45, 7) is 1.93. The number of nitrogens with one attached hydrogen (secondary N) is 1. The van der Waals surface area contributed by atoms with Crippen LogP contribution in [0, 0.1) is 5.82 Å². The molecule has 0 aliphatic carbocycles. The van der Waals surface area contributed by atoms with Gasteiger partial charge in [-0.2, -0.15) is 0 Å². The fraction of sp³-hybridized carbons (Fsp3) is 0.188. The van der Waals surface area contributed by atoms with Crippen LogP contribution >= 0.6 is 0 Å². The highest BCUT2D eigenvalue weighted by Crippen LogP contribution is 2.18. The Hall–Kier alpha value is -2.20. The van der Waals surface area contributed by atoms with Crippen molar-refractivity contribution in [3.8, 4) is 0 Å². The Kier molecular flexibility index (Phi) is 4.48. The van der Waals surface area contributed by atoms with Crippen LogP contribution < -0.4 is 5.32 Å². The number of rotatable bonds is 4. The number of aliphatic hydroxyl groups excluding tert-OH is 1. The molecular formula is C16H16FNO2. The van der Waals surface area contributed by atoms with E-state index in [1.807, 2.05) is 6.92 Å². The number of carbonyl (C=O) groups excluding carboxylic acids is 1. The molecule has 0 saturated heterocycles. The first kappa shape index (κ1) is 14.2. The van der Waals surface area contributed by atoms with E-state index in [0.29, 0.717) is 5.69 Å². The van der Waals surface area contributed by atoms with Crippen LogP contribution in [0.15, 0.2) is 42.5 Å². The fourth-order valence-corrected chi connectivity index (χ4v) is 2.03. The molecule has 0 aromatic heterocycles. The van der Waals surface area contributed by atoms with Crippen LogP contribution in [-0.4, -0.2) is 11.0 Å². The Morgan fingerprint density at radius 1 is 1.20 bits per heavy atom. The van der Waals surface area contributed by atoms with Crippen LogP contribution in [0.25, 0.3) is 0 Å². The molecule has 2 N–H and O–H groups in total. The van der Waals surface area contributed by atoms with Gasteiger partial charge in [-0.1, -0.05) is 25.1 Å². The number of amides is 1. The number of hydrogen-bond donors (Lipinski definition) is 2. The summed E-state index contributed by atoms with van der Waals surface area (Å²) >= 11 is 0. The maximum atomic E-state index is 13.5. The fourth-order valence-electron chi connectivity index (χ4n) is 2.03. The third-order valence-electron chi connectivity index (χ3n) is 3.13. The predicted octanol–water partition coefficient (Wildman–Crippen LogP) is 3.13. The molecule has 0 fully saturated rings. The van der Waals surface area contributed by atoms with E-state index < -0.39 is 11.7 Å². The van der Waals surface area contributed by atoms with Gasteiger partial charge < -0.3 is 10.4 Å². The average Bonchev–Trinajstić information content (AvgIpc) is 2.47. The number of anilines is 1. The first-order valence-electron chi connectivity index (χ1n) is 6.44. The van der Waals surface area contributed by atoms with Gasteiger partial charge in [0.2, 0.25) is 0 Å². The van der Waals surface area contributed by atoms with Gasteiger partial charge in [0.25, 0.3) is 5.91 Å². The van der Waals surface area contributed by atoms with Crippen LogP contribution in [0.4, 0.5) is 10.1 Å². The standard InChI is InChI=1S/C16H16FNO2/c1-2-11-9-13(8-7-12(11)10-19)18-16(20)14-5-3-4-6-15(14)17/h3-9,19H,2,10H2,1H3,(H,18,20). The molecule has 0 radical (unpaired) electrons. The summed E-state index contributed by atoms with van der Waals surface area (Å²) in [5.41, 5.74) is 2.39. The lowest BCUT2D eigenvalue weighted by molar-refractivity contribution is 0.102. The van der Waals surface area contributed by atoms with Crippen LogP contribution in [-0.2, 0) is 13.0 Å². The van der Waals surface area contributed by atoms with Crippen molar-refractivity contribution < 1.29 is 14.3 Å². The Morgan fingerprint density at radius 3 is 2.60 bits per heavy atom. The molecule has 0 unspecified atom stereocenters. The van der Waals surface area contributed by atoms with Gasteiger partial charge in [0.1, 0.15) is 5.82 Å². The van der Waals surface area contributed by atoms with Crippen LogP contribution in [0.1, 0.15) is 28.4 Å². The van der Waals surface area contributed by atoms with Gasteiger partial charge in [0.05, 0.1) is 12.2 Å². The van der Waals surface area contributed by atoms with Gasteiger partial charge in [0.15, 0.2) is 0 Å². The zero-order chi connectivity index (χ0) is 14.5. The van der Waals surface area contributed by atoms with Crippen LogP contribution in [0.3, 0.4) is 0 Å². The lowest BCUT2D eigenvalue weighted by atomic mass is 10.0. The van der Waals surface area contributed by atoms with Crippen molar-refractivity contribution in [3.05, 3.63) is 65.0 Å².